The molecular formula is C33H40ClN3O5. The van der Waals surface area contributed by atoms with Gasteiger partial charge in [-0.25, -0.2) is 4.98 Å². The third-order valence-corrected chi connectivity index (χ3v) is 7.82. The van der Waals surface area contributed by atoms with Crippen LogP contribution in [-0.2, 0) is 13.0 Å². The van der Waals surface area contributed by atoms with Crippen LogP contribution in [0.25, 0.3) is 11.0 Å². The first-order valence-corrected chi connectivity index (χ1v) is 14.7. The van der Waals surface area contributed by atoms with E-state index in [1.807, 2.05) is 32.0 Å². The Labute approximate surface area is 252 Å². The van der Waals surface area contributed by atoms with Crippen LogP contribution in [0.2, 0.25) is 5.02 Å². The maximum absolute atomic E-state index is 12.8. The molecule has 0 unspecified atom stereocenters. The van der Waals surface area contributed by atoms with E-state index in [4.69, 9.17) is 35.5 Å². The summed E-state index contributed by atoms with van der Waals surface area (Å²) in [6.07, 6.45) is 4.54. The lowest BCUT2D eigenvalue weighted by Crippen LogP contribution is -2.24. The van der Waals surface area contributed by atoms with Crippen LogP contribution in [0.15, 0.2) is 48.5 Å². The molecule has 224 valence electrons. The van der Waals surface area contributed by atoms with Gasteiger partial charge in [0, 0.05) is 30.1 Å². The molecule has 8 nitrogen and oxygen atoms in total. The van der Waals surface area contributed by atoms with Crippen LogP contribution in [-0.4, -0.2) is 49.9 Å². The number of methoxy groups -OCH3 is 3. The molecule has 0 spiro atoms. The summed E-state index contributed by atoms with van der Waals surface area (Å²) in [4.78, 5) is 17.7. The number of fused-ring (bicyclic) bond motifs is 1. The first-order valence-electron chi connectivity index (χ1n) is 14.3. The number of para-hydroxylation sites is 2. The molecule has 0 aliphatic carbocycles. The summed E-state index contributed by atoms with van der Waals surface area (Å²) in [6.45, 7) is 6.00. The Hall–Kier alpha value is -3.91. The molecule has 0 atom stereocenters. The summed E-state index contributed by atoms with van der Waals surface area (Å²) < 4.78 is 24.4. The van der Waals surface area contributed by atoms with Crippen LogP contribution in [0.1, 0.15) is 53.0 Å². The lowest BCUT2D eigenvalue weighted by molar-refractivity contribution is 0.0952. The number of amides is 1. The average molecular weight is 594 g/mol. The number of aromatic nitrogens is 2. The second-order valence-corrected chi connectivity index (χ2v) is 10.6. The van der Waals surface area contributed by atoms with E-state index in [1.54, 1.807) is 12.1 Å². The molecule has 3 aromatic carbocycles. The summed E-state index contributed by atoms with van der Waals surface area (Å²) in [5, 5.41) is 3.79. The predicted molar refractivity (Wildman–Crippen MR) is 167 cm³/mol. The third kappa shape index (κ3) is 7.48. The summed E-state index contributed by atoms with van der Waals surface area (Å²) in [6, 6.07) is 15.5. The van der Waals surface area contributed by atoms with E-state index in [0.717, 1.165) is 77.4 Å². The van der Waals surface area contributed by atoms with Crippen molar-refractivity contribution in [3.8, 4) is 23.0 Å². The Balaban J connectivity index is 1.27. The Morgan fingerprint density at radius 1 is 0.905 bits per heavy atom. The summed E-state index contributed by atoms with van der Waals surface area (Å²) in [5.41, 5.74) is 4.66. The molecule has 0 saturated heterocycles. The lowest BCUT2D eigenvalue weighted by Gasteiger charge is -2.14. The number of carbonyl (C=O) groups is 1. The second-order valence-electron chi connectivity index (χ2n) is 10.2. The maximum Gasteiger partial charge on any atom is 0.251 e. The zero-order valence-electron chi connectivity index (χ0n) is 25.1. The van der Waals surface area contributed by atoms with Crippen LogP contribution in [0.3, 0.4) is 0 Å². The van der Waals surface area contributed by atoms with Gasteiger partial charge in [0.05, 0.1) is 39.0 Å². The first kappa shape index (κ1) is 31.0. The first-order chi connectivity index (χ1) is 20.4. The van der Waals surface area contributed by atoms with E-state index >= 15 is 0 Å². The van der Waals surface area contributed by atoms with Crippen molar-refractivity contribution in [1.82, 2.24) is 14.9 Å². The van der Waals surface area contributed by atoms with Crippen molar-refractivity contribution in [3.63, 3.8) is 0 Å². The molecule has 0 radical (unpaired) electrons. The second kappa shape index (κ2) is 14.8. The molecule has 0 bridgehead atoms. The summed E-state index contributed by atoms with van der Waals surface area (Å²) in [5.74, 6) is 3.11. The minimum absolute atomic E-state index is 0.179. The van der Waals surface area contributed by atoms with Gasteiger partial charge < -0.3 is 28.8 Å². The Morgan fingerprint density at radius 3 is 2.26 bits per heavy atom. The molecule has 0 saturated carbocycles. The quantitative estimate of drug-likeness (QED) is 0.150. The monoisotopic (exact) mass is 593 g/mol. The van der Waals surface area contributed by atoms with Crippen LogP contribution in [0, 0.1) is 13.8 Å². The van der Waals surface area contributed by atoms with Crippen molar-refractivity contribution in [2.75, 3.05) is 34.5 Å². The molecular weight excluding hydrogens is 554 g/mol. The van der Waals surface area contributed by atoms with Gasteiger partial charge in [0.25, 0.3) is 5.91 Å². The Morgan fingerprint density at radius 2 is 1.60 bits per heavy atom. The van der Waals surface area contributed by atoms with Gasteiger partial charge in [0.2, 0.25) is 5.75 Å². The molecule has 1 aromatic heterocycles. The van der Waals surface area contributed by atoms with Gasteiger partial charge >= 0.3 is 0 Å². The van der Waals surface area contributed by atoms with Crippen LogP contribution < -0.4 is 24.3 Å². The number of rotatable bonds is 15. The molecule has 1 N–H and O–H groups in total. The minimum atomic E-state index is -0.179. The van der Waals surface area contributed by atoms with E-state index in [2.05, 4.69) is 28.1 Å². The average Bonchev–Trinajstić information content (AvgIpc) is 3.35. The number of carbonyl (C=O) groups excluding carboxylic acids is 1. The fourth-order valence-corrected chi connectivity index (χ4v) is 5.18. The van der Waals surface area contributed by atoms with Gasteiger partial charge in [-0.15, -0.1) is 0 Å². The number of hydrogen-bond donors (Lipinski definition) is 1. The largest absolute Gasteiger partial charge is 0.494 e. The van der Waals surface area contributed by atoms with Gasteiger partial charge in [-0.3, -0.25) is 4.79 Å². The van der Waals surface area contributed by atoms with Gasteiger partial charge in [0.1, 0.15) is 11.6 Å². The van der Waals surface area contributed by atoms with Gasteiger partial charge in [-0.1, -0.05) is 30.2 Å². The molecule has 0 aliphatic heterocycles. The molecule has 1 amide bonds. The minimum Gasteiger partial charge on any atom is -0.494 e. The fraction of sp³-hybridized carbons (Fsp3) is 0.394. The van der Waals surface area contributed by atoms with E-state index < -0.39 is 0 Å². The van der Waals surface area contributed by atoms with E-state index in [9.17, 15) is 4.79 Å². The Kier molecular flexibility index (Phi) is 11.0. The lowest BCUT2D eigenvalue weighted by atomic mass is 10.1. The number of benzene rings is 3. The number of aryl methyl sites for hydroxylation is 4. The van der Waals surface area contributed by atoms with E-state index in [0.29, 0.717) is 36.0 Å². The van der Waals surface area contributed by atoms with E-state index in [1.165, 1.54) is 21.3 Å². The number of ether oxygens (including phenoxy) is 4. The predicted octanol–water partition coefficient (Wildman–Crippen LogP) is 6.94. The molecule has 42 heavy (non-hydrogen) atoms. The van der Waals surface area contributed by atoms with Crippen molar-refractivity contribution in [1.29, 1.82) is 0 Å². The molecule has 4 aromatic rings. The van der Waals surface area contributed by atoms with Gasteiger partial charge in [-0.05, 0) is 80.6 Å². The number of hydrogen-bond acceptors (Lipinski definition) is 6. The van der Waals surface area contributed by atoms with Crippen molar-refractivity contribution >= 4 is 28.5 Å². The molecule has 9 heteroatoms. The fourth-order valence-electron chi connectivity index (χ4n) is 5.07. The van der Waals surface area contributed by atoms with Crippen LogP contribution in [0.4, 0.5) is 0 Å². The normalized spacial score (nSPS) is 11.0. The topological polar surface area (TPSA) is 83.8 Å². The van der Waals surface area contributed by atoms with Crippen LogP contribution in [0.5, 0.6) is 23.0 Å². The zero-order valence-corrected chi connectivity index (χ0v) is 25.8. The Bertz CT molecular complexity index is 1470. The van der Waals surface area contributed by atoms with Crippen LogP contribution >= 0.6 is 11.6 Å². The van der Waals surface area contributed by atoms with Gasteiger partial charge in [0.15, 0.2) is 11.5 Å². The summed E-state index contributed by atoms with van der Waals surface area (Å²) in [7, 11) is 4.60. The maximum atomic E-state index is 12.8. The SMILES string of the molecule is COc1cc(C(=O)NCCCCCc2nc3ccccc3n2CCCOc2cc(C)c(Cl)c(C)c2)cc(OC)c1OC. The number of nitrogens with one attached hydrogen (secondary N) is 1. The van der Waals surface area contributed by atoms with Crippen molar-refractivity contribution in [2.24, 2.45) is 0 Å². The highest BCUT2D eigenvalue weighted by Crippen LogP contribution is 2.38. The molecule has 0 fully saturated rings. The highest BCUT2D eigenvalue weighted by molar-refractivity contribution is 6.32. The number of halogens is 1. The van der Waals surface area contributed by atoms with Gasteiger partial charge in [-0.2, -0.15) is 0 Å². The van der Waals surface area contributed by atoms with Crippen molar-refractivity contribution in [3.05, 3.63) is 76.1 Å². The number of nitrogens with zero attached hydrogens (tertiary/aromatic N) is 2. The van der Waals surface area contributed by atoms with Crippen molar-refractivity contribution in [2.45, 2.75) is 52.5 Å². The molecule has 0 aliphatic rings. The van der Waals surface area contributed by atoms with Crippen molar-refractivity contribution < 1.29 is 23.7 Å². The molecule has 4 rings (SSSR count). The zero-order chi connectivity index (χ0) is 30.1. The third-order valence-electron chi connectivity index (χ3n) is 7.23. The number of unbranched alkanes of at least 4 members (excludes halogenated alkanes) is 2. The summed E-state index contributed by atoms with van der Waals surface area (Å²) >= 11 is 6.29. The molecule has 1 heterocycles. The van der Waals surface area contributed by atoms with E-state index in [-0.39, 0.29) is 5.91 Å². The number of imidazole rings is 1. The standard InChI is InChI=1S/C33H40ClN3O5/c1-22-18-25(19-23(2)31(22)34)42-17-11-16-37-27-13-9-8-12-26(27)36-30(37)14-7-6-10-15-35-33(38)24-20-28(39-3)32(41-5)29(21-24)40-4/h8-9,12-13,18-21H,6-7,10-11,14-17H2,1-5H3,(H,35,38). The highest BCUT2D eigenvalue weighted by atomic mass is 35.5. The smallest absolute Gasteiger partial charge is 0.251 e. The highest BCUT2D eigenvalue weighted by Gasteiger charge is 2.17.